The fraction of sp³-hybridized carbons (Fsp3) is 0. The third kappa shape index (κ3) is 5.98. The van der Waals surface area contributed by atoms with Gasteiger partial charge in [0, 0.05) is 42.7 Å². The predicted octanol–water partition coefficient (Wildman–Crippen LogP) is 16.0. The summed E-state index contributed by atoms with van der Waals surface area (Å²) < 4.78 is 3.85. The summed E-state index contributed by atoms with van der Waals surface area (Å²) in [6.07, 6.45) is 0. The Morgan fingerprint density at radius 3 is 1.75 bits per heavy atom. The number of thiazole rings is 1. The Bertz CT molecular complexity index is 3210. The summed E-state index contributed by atoms with van der Waals surface area (Å²) in [5, 5.41) is 6.14. The molecule has 4 heteroatoms. The van der Waals surface area contributed by atoms with Crippen molar-refractivity contribution in [3.63, 3.8) is 0 Å². The fourth-order valence-electron chi connectivity index (χ4n) is 8.15. The largest absolute Gasteiger partial charge is 0.310 e. The van der Waals surface area contributed by atoms with Crippen molar-refractivity contribution in [2.24, 2.45) is 0 Å². The van der Waals surface area contributed by atoms with Crippen LogP contribution in [0.5, 0.6) is 0 Å². The maximum Gasteiger partial charge on any atom is 0.124 e. The Balaban J connectivity index is 1.00. The van der Waals surface area contributed by atoms with E-state index in [1.54, 1.807) is 11.3 Å². The molecular weight excluding hydrogens is 729 g/mol. The molecule has 0 saturated heterocycles. The van der Waals surface area contributed by atoms with Gasteiger partial charge in [-0.1, -0.05) is 158 Å². The molecule has 0 N–H and O–H groups in total. The minimum Gasteiger partial charge on any atom is -0.310 e. The molecule has 2 aromatic heterocycles. The lowest BCUT2D eigenvalue weighted by atomic mass is 9.96. The zero-order valence-electron chi connectivity index (χ0n) is 30.8. The standard InChI is InChI=1S/C53H34N2S2/c1-3-12-35(13-4-1)36-22-27-41(28-23-36)55(48-21-10-9-19-45(48)44-20-11-17-38-14-7-8-18-43(38)44)42-29-24-37(25-30-42)40-26-31-46-50(34-40)56-49-33-32-47-52(51(46)49)57-53(54-47)39-15-5-2-6-16-39/h1-34H. The van der Waals surface area contributed by atoms with Gasteiger partial charge in [0.05, 0.1) is 15.9 Å². The van der Waals surface area contributed by atoms with Gasteiger partial charge in [0.25, 0.3) is 0 Å². The highest BCUT2D eigenvalue weighted by molar-refractivity contribution is 7.28. The lowest BCUT2D eigenvalue weighted by molar-refractivity contribution is 1.28. The van der Waals surface area contributed by atoms with Crippen molar-refractivity contribution in [2.45, 2.75) is 0 Å². The molecule has 0 bridgehead atoms. The fourth-order valence-corrected chi connectivity index (χ4v) is 10.5. The van der Waals surface area contributed by atoms with Gasteiger partial charge in [-0.25, -0.2) is 4.98 Å². The third-order valence-electron chi connectivity index (χ3n) is 10.9. The monoisotopic (exact) mass is 762 g/mol. The van der Waals surface area contributed by atoms with E-state index in [1.807, 2.05) is 11.3 Å². The lowest BCUT2D eigenvalue weighted by Gasteiger charge is -2.28. The van der Waals surface area contributed by atoms with Crippen LogP contribution < -0.4 is 4.90 Å². The minimum atomic E-state index is 1.06. The molecule has 0 fully saturated rings. The highest BCUT2D eigenvalue weighted by Gasteiger charge is 2.19. The Hall–Kier alpha value is -6.85. The van der Waals surface area contributed by atoms with Crippen molar-refractivity contribution >= 4 is 80.9 Å². The summed E-state index contributed by atoms with van der Waals surface area (Å²) in [5.41, 5.74) is 12.8. The minimum absolute atomic E-state index is 1.06. The van der Waals surface area contributed by atoms with E-state index in [0.717, 1.165) is 33.1 Å². The maximum atomic E-state index is 5.02. The highest BCUT2D eigenvalue weighted by Crippen LogP contribution is 2.45. The molecule has 0 saturated carbocycles. The number of para-hydroxylation sites is 1. The first-order chi connectivity index (χ1) is 28.2. The number of fused-ring (bicyclic) bond motifs is 6. The van der Waals surface area contributed by atoms with Crippen LogP contribution in [0.4, 0.5) is 17.1 Å². The smallest absolute Gasteiger partial charge is 0.124 e. The van der Waals surface area contributed by atoms with Gasteiger partial charge in [-0.2, -0.15) is 0 Å². The van der Waals surface area contributed by atoms with E-state index in [0.29, 0.717) is 0 Å². The van der Waals surface area contributed by atoms with Gasteiger partial charge in [-0.15, -0.1) is 22.7 Å². The lowest BCUT2D eigenvalue weighted by Crippen LogP contribution is -2.11. The maximum absolute atomic E-state index is 5.02. The van der Waals surface area contributed by atoms with Crippen molar-refractivity contribution in [3.05, 3.63) is 206 Å². The van der Waals surface area contributed by atoms with E-state index in [2.05, 4.69) is 211 Å². The van der Waals surface area contributed by atoms with Crippen LogP contribution in [0.3, 0.4) is 0 Å². The Labute approximate surface area is 339 Å². The Morgan fingerprint density at radius 1 is 0.386 bits per heavy atom. The molecule has 0 aliphatic heterocycles. The van der Waals surface area contributed by atoms with Crippen LogP contribution in [0.1, 0.15) is 0 Å². The Morgan fingerprint density at radius 2 is 0.982 bits per heavy atom. The molecule has 268 valence electrons. The van der Waals surface area contributed by atoms with Gasteiger partial charge < -0.3 is 4.90 Å². The van der Waals surface area contributed by atoms with Crippen molar-refractivity contribution < 1.29 is 0 Å². The van der Waals surface area contributed by atoms with E-state index in [9.17, 15) is 0 Å². The summed E-state index contributed by atoms with van der Waals surface area (Å²) in [6, 6.07) is 74.5. The number of nitrogens with zero attached hydrogens (tertiary/aromatic N) is 2. The SMILES string of the molecule is c1ccc(-c2ccc(N(c3ccc(-c4ccc5c(c4)sc4ccc6nc(-c7ccccc7)sc6c45)cc3)c3ccccc3-c3cccc4ccccc34)cc2)cc1. The van der Waals surface area contributed by atoms with Gasteiger partial charge in [0.1, 0.15) is 5.01 Å². The van der Waals surface area contributed by atoms with E-state index in [-0.39, 0.29) is 0 Å². The molecule has 2 nitrogen and oxygen atoms in total. The van der Waals surface area contributed by atoms with E-state index in [4.69, 9.17) is 4.98 Å². The van der Waals surface area contributed by atoms with Gasteiger partial charge in [0.2, 0.25) is 0 Å². The molecule has 9 aromatic carbocycles. The van der Waals surface area contributed by atoms with Crippen LogP contribution in [0, 0.1) is 0 Å². The summed E-state index contributed by atoms with van der Waals surface area (Å²) in [4.78, 5) is 7.42. The second kappa shape index (κ2) is 14.0. The van der Waals surface area contributed by atoms with Gasteiger partial charge in [-0.05, 0) is 87.1 Å². The molecule has 0 radical (unpaired) electrons. The number of aromatic nitrogens is 1. The van der Waals surface area contributed by atoms with Gasteiger partial charge >= 0.3 is 0 Å². The first-order valence-electron chi connectivity index (χ1n) is 19.2. The normalized spacial score (nSPS) is 11.5. The first kappa shape index (κ1) is 33.5. The van der Waals surface area contributed by atoms with Crippen molar-refractivity contribution in [1.29, 1.82) is 0 Å². The Kier molecular flexibility index (Phi) is 8.24. The number of hydrogen-bond acceptors (Lipinski definition) is 4. The van der Waals surface area contributed by atoms with Crippen LogP contribution >= 0.6 is 22.7 Å². The molecule has 11 rings (SSSR count). The number of hydrogen-bond donors (Lipinski definition) is 0. The average molecular weight is 763 g/mol. The molecule has 0 unspecified atom stereocenters. The molecule has 2 heterocycles. The summed E-state index contributed by atoms with van der Waals surface area (Å²) in [5.74, 6) is 0. The van der Waals surface area contributed by atoms with E-state index >= 15 is 0 Å². The first-order valence-corrected chi connectivity index (χ1v) is 20.8. The number of thiophene rings is 1. The molecule has 11 aromatic rings. The molecule has 0 atom stereocenters. The number of anilines is 3. The zero-order chi connectivity index (χ0) is 37.7. The second-order valence-electron chi connectivity index (χ2n) is 14.3. The molecule has 0 spiro atoms. The van der Waals surface area contributed by atoms with Crippen molar-refractivity contribution in [1.82, 2.24) is 4.98 Å². The van der Waals surface area contributed by atoms with Crippen molar-refractivity contribution in [2.75, 3.05) is 4.90 Å². The van der Waals surface area contributed by atoms with E-state index < -0.39 is 0 Å². The molecule has 0 aliphatic rings. The summed E-state index contributed by atoms with van der Waals surface area (Å²) in [7, 11) is 0. The van der Waals surface area contributed by atoms with Gasteiger partial charge in [0.15, 0.2) is 0 Å². The predicted molar refractivity (Wildman–Crippen MR) is 246 cm³/mol. The number of benzene rings is 9. The van der Waals surface area contributed by atoms with E-state index in [1.165, 1.54) is 69.0 Å². The molecular formula is C53H34N2S2. The van der Waals surface area contributed by atoms with Crippen molar-refractivity contribution in [3.8, 4) is 44.0 Å². The highest BCUT2D eigenvalue weighted by atomic mass is 32.1. The van der Waals surface area contributed by atoms with Crippen LogP contribution in [-0.2, 0) is 0 Å². The molecule has 0 aliphatic carbocycles. The summed E-state index contributed by atoms with van der Waals surface area (Å²) in [6.45, 7) is 0. The zero-order valence-corrected chi connectivity index (χ0v) is 32.5. The van der Waals surface area contributed by atoms with Crippen LogP contribution in [0.2, 0.25) is 0 Å². The topological polar surface area (TPSA) is 16.1 Å². The molecule has 0 amide bonds. The third-order valence-corrected chi connectivity index (χ3v) is 13.2. The van der Waals surface area contributed by atoms with Crippen LogP contribution in [0.25, 0.3) is 85.1 Å². The van der Waals surface area contributed by atoms with Crippen LogP contribution in [0.15, 0.2) is 206 Å². The quantitative estimate of drug-likeness (QED) is 0.161. The number of rotatable bonds is 7. The summed E-state index contributed by atoms with van der Waals surface area (Å²) >= 11 is 3.65. The van der Waals surface area contributed by atoms with Crippen LogP contribution in [-0.4, -0.2) is 4.98 Å². The van der Waals surface area contributed by atoms with Gasteiger partial charge in [-0.3, -0.25) is 0 Å². The second-order valence-corrected chi connectivity index (χ2v) is 16.4. The average Bonchev–Trinajstić information content (AvgIpc) is 3.89. The molecule has 57 heavy (non-hydrogen) atoms.